The molecule has 0 aromatic carbocycles. The van der Waals surface area contributed by atoms with Crippen LogP contribution in [0.15, 0.2) is 35.2 Å². The summed E-state index contributed by atoms with van der Waals surface area (Å²) < 4.78 is 0. The van der Waals surface area contributed by atoms with Gasteiger partial charge < -0.3 is 0 Å². The zero-order valence-electron chi connectivity index (χ0n) is 9.14. The number of ketones is 1. The first-order valence-corrected chi connectivity index (χ1v) is 6.17. The number of aryl methyl sites for hydroxylation is 2. The molecule has 2 nitrogen and oxygen atoms in total. The highest BCUT2D eigenvalue weighted by molar-refractivity contribution is 7.07. The van der Waals surface area contributed by atoms with Crippen LogP contribution in [-0.4, -0.2) is 10.8 Å². The average Bonchev–Trinajstić information content (AvgIpc) is 2.80. The minimum atomic E-state index is 0.165. The van der Waals surface area contributed by atoms with Gasteiger partial charge in [-0.1, -0.05) is 0 Å². The zero-order valence-corrected chi connectivity index (χ0v) is 9.96. The van der Waals surface area contributed by atoms with E-state index in [2.05, 4.69) is 16.4 Å². The molecule has 0 spiro atoms. The Bertz CT molecular complexity index is 459. The van der Waals surface area contributed by atoms with Crippen molar-refractivity contribution in [2.45, 2.75) is 19.8 Å². The number of carbonyl (C=O) groups is 1. The molecule has 0 atom stereocenters. The molecule has 0 N–H and O–H groups in total. The smallest absolute Gasteiger partial charge is 0.164 e. The topological polar surface area (TPSA) is 30.0 Å². The molecular formula is C13H13NOS. The number of carbonyl (C=O) groups excluding carboxylic acids is 1. The van der Waals surface area contributed by atoms with E-state index in [-0.39, 0.29) is 5.78 Å². The fourth-order valence-electron chi connectivity index (χ4n) is 1.47. The summed E-state index contributed by atoms with van der Waals surface area (Å²) in [6, 6.07) is 5.78. The van der Waals surface area contributed by atoms with Crippen LogP contribution in [0.4, 0.5) is 0 Å². The molecule has 0 saturated carbocycles. The largest absolute Gasteiger partial charge is 0.294 e. The number of aromatic nitrogens is 1. The lowest BCUT2D eigenvalue weighted by Crippen LogP contribution is -2.01. The maximum Gasteiger partial charge on any atom is 0.164 e. The minimum absolute atomic E-state index is 0.165. The molecule has 16 heavy (non-hydrogen) atoms. The lowest BCUT2D eigenvalue weighted by molar-refractivity contribution is 0.0982. The van der Waals surface area contributed by atoms with Crippen molar-refractivity contribution in [3.05, 3.63) is 52.0 Å². The number of hydrogen-bond donors (Lipinski definition) is 0. The van der Waals surface area contributed by atoms with Gasteiger partial charge in [0.1, 0.15) is 0 Å². The van der Waals surface area contributed by atoms with Gasteiger partial charge in [-0.3, -0.25) is 9.78 Å². The first kappa shape index (κ1) is 11.0. The Kier molecular flexibility index (Phi) is 3.47. The summed E-state index contributed by atoms with van der Waals surface area (Å²) in [4.78, 5) is 15.9. The van der Waals surface area contributed by atoms with E-state index in [4.69, 9.17) is 0 Å². The summed E-state index contributed by atoms with van der Waals surface area (Å²) in [5.74, 6) is 0.165. The van der Waals surface area contributed by atoms with E-state index in [1.807, 2.05) is 24.4 Å². The molecule has 2 aromatic rings. The molecule has 0 fully saturated rings. The van der Waals surface area contributed by atoms with E-state index in [0.717, 1.165) is 12.1 Å². The van der Waals surface area contributed by atoms with Gasteiger partial charge in [-0.25, -0.2) is 0 Å². The van der Waals surface area contributed by atoms with E-state index in [1.54, 1.807) is 17.5 Å². The van der Waals surface area contributed by atoms with Crippen LogP contribution in [0.5, 0.6) is 0 Å². The van der Waals surface area contributed by atoms with Crippen LogP contribution in [0.25, 0.3) is 0 Å². The van der Waals surface area contributed by atoms with E-state index >= 15 is 0 Å². The van der Waals surface area contributed by atoms with E-state index in [1.165, 1.54) is 5.56 Å². The van der Waals surface area contributed by atoms with Crippen molar-refractivity contribution in [2.75, 3.05) is 0 Å². The quantitative estimate of drug-likeness (QED) is 0.756. The van der Waals surface area contributed by atoms with E-state index in [9.17, 15) is 4.79 Å². The van der Waals surface area contributed by atoms with Crippen molar-refractivity contribution in [1.82, 2.24) is 4.98 Å². The molecule has 0 unspecified atom stereocenters. The standard InChI is InChI=1S/C13H13NOS/c1-10-2-4-12(8-14-10)13(15)5-3-11-6-7-16-9-11/h2,4,6-9H,3,5H2,1H3. The Hall–Kier alpha value is -1.48. The SMILES string of the molecule is Cc1ccc(C(=O)CCc2ccsc2)cn1. The van der Waals surface area contributed by atoms with Crippen LogP contribution in [0.1, 0.15) is 28.0 Å². The molecule has 2 aromatic heterocycles. The molecule has 3 heteroatoms. The summed E-state index contributed by atoms with van der Waals surface area (Å²) in [5, 5.41) is 4.12. The molecule has 0 saturated heterocycles. The van der Waals surface area contributed by atoms with Gasteiger partial charge in [-0.15, -0.1) is 0 Å². The number of nitrogens with zero attached hydrogens (tertiary/aromatic N) is 1. The Labute approximate surface area is 99.0 Å². The molecule has 0 aliphatic carbocycles. The van der Waals surface area contributed by atoms with Crippen LogP contribution < -0.4 is 0 Å². The number of rotatable bonds is 4. The fourth-order valence-corrected chi connectivity index (χ4v) is 2.17. The van der Waals surface area contributed by atoms with Gasteiger partial charge >= 0.3 is 0 Å². The van der Waals surface area contributed by atoms with Gasteiger partial charge in [-0.05, 0) is 47.9 Å². The minimum Gasteiger partial charge on any atom is -0.294 e. The molecule has 0 aliphatic rings. The van der Waals surface area contributed by atoms with E-state index < -0.39 is 0 Å². The highest BCUT2D eigenvalue weighted by Crippen LogP contribution is 2.11. The van der Waals surface area contributed by atoms with E-state index in [0.29, 0.717) is 12.0 Å². The number of Topliss-reactive ketones (excluding diaryl/α,β-unsaturated/α-hetero) is 1. The van der Waals surface area contributed by atoms with Gasteiger partial charge in [0.15, 0.2) is 5.78 Å². The predicted octanol–water partition coefficient (Wildman–Crippen LogP) is 3.27. The van der Waals surface area contributed by atoms with Crippen LogP contribution in [0.3, 0.4) is 0 Å². The monoisotopic (exact) mass is 231 g/mol. The summed E-state index contributed by atoms with van der Waals surface area (Å²) in [6.45, 7) is 1.92. The molecule has 2 rings (SSSR count). The maximum absolute atomic E-state index is 11.8. The Morgan fingerprint density at radius 2 is 2.25 bits per heavy atom. The summed E-state index contributed by atoms with van der Waals surface area (Å²) in [6.07, 6.45) is 3.03. The summed E-state index contributed by atoms with van der Waals surface area (Å²) >= 11 is 1.67. The van der Waals surface area contributed by atoms with Crippen molar-refractivity contribution in [3.63, 3.8) is 0 Å². The number of thiophene rings is 1. The van der Waals surface area contributed by atoms with Crippen LogP contribution >= 0.6 is 11.3 Å². The number of hydrogen-bond acceptors (Lipinski definition) is 3. The molecule has 0 amide bonds. The molecule has 0 aliphatic heterocycles. The Morgan fingerprint density at radius 3 is 2.88 bits per heavy atom. The third-order valence-corrected chi connectivity index (χ3v) is 3.19. The van der Waals surface area contributed by atoms with Crippen molar-refractivity contribution in [2.24, 2.45) is 0 Å². The number of pyridine rings is 1. The first-order valence-electron chi connectivity index (χ1n) is 5.22. The Morgan fingerprint density at radius 1 is 1.38 bits per heavy atom. The fraction of sp³-hybridized carbons (Fsp3) is 0.231. The van der Waals surface area contributed by atoms with Crippen molar-refractivity contribution in [3.8, 4) is 0 Å². The van der Waals surface area contributed by atoms with Crippen LogP contribution in [0, 0.1) is 6.92 Å². The second-order valence-corrected chi connectivity index (χ2v) is 4.52. The highest BCUT2D eigenvalue weighted by atomic mass is 32.1. The molecule has 2 heterocycles. The molecular weight excluding hydrogens is 218 g/mol. The first-order chi connectivity index (χ1) is 7.75. The zero-order chi connectivity index (χ0) is 11.4. The second kappa shape index (κ2) is 5.03. The van der Waals surface area contributed by atoms with Gasteiger partial charge in [0.05, 0.1) is 0 Å². The van der Waals surface area contributed by atoms with Crippen LogP contribution in [0.2, 0.25) is 0 Å². The van der Waals surface area contributed by atoms with Gasteiger partial charge in [0, 0.05) is 23.9 Å². The average molecular weight is 231 g/mol. The molecule has 82 valence electrons. The van der Waals surface area contributed by atoms with Crippen molar-refractivity contribution in [1.29, 1.82) is 0 Å². The second-order valence-electron chi connectivity index (χ2n) is 3.74. The normalized spacial score (nSPS) is 10.3. The lowest BCUT2D eigenvalue weighted by atomic mass is 10.1. The molecule has 0 radical (unpaired) electrons. The summed E-state index contributed by atoms with van der Waals surface area (Å²) in [7, 11) is 0. The Balaban J connectivity index is 1.95. The van der Waals surface area contributed by atoms with Gasteiger partial charge in [-0.2, -0.15) is 11.3 Å². The van der Waals surface area contributed by atoms with Crippen molar-refractivity contribution >= 4 is 17.1 Å². The van der Waals surface area contributed by atoms with Gasteiger partial charge in [0.2, 0.25) is 0 Å². The third-order valence-electron chi connectivity index (χ3n) is 2.45. The molecule has 0 bridgehead atoms. The predicted molar refractivity (Wildman–Crippen MR) is 65.9 cm³/mol. The lowest BCUT2D eigenvalue weighted by Gasteiger charge is -2.00. The van der Waals surface area contributed by atoms with Gasteiger partial charge in [0.25, 0.3) is 0 Å². The van der Waals surface area contributed by atoms with Crippen molar-refractivity contribution < 1.29 is 4.79 Å². The van der Waals surface area contributed by atoms with Crippen LogP contribution in [-0.2, 0) is 6.42 Å². The summed E-state index contributed by atoms with van der Waals surface area (Å²) in [5.41, 5.74) is 2.88. The maximum atomic E-state index is 11.8. The highest BCUT2D eigenvalue weighted by Gasteiger charge is 2.06. The third kappa shape index (κ3) is 2.76.